The highest BCUT2D eigenvalue weighted by atomic mass is 127. The maximum Gasteiger partial charge on any atom is 0.0671 e. The van der Waals surface area contributed by atoms with Crippen LogP contribution in [0.5, 0.6) is 0 Å². The lowest BCUT2D eigenvalue weighted by Gasteiger charge is -2.06. The van der Waals surface area contributed by atoms with Crippen LogP contribution in [0.2, 0.25) is 0 Å². The average molecular weight is 378 g/mol. The quantitative estimate of drug-likeness (QED) is 0.646. The van der Waals surface area contributed by atoms with Gasteiger partial charge in [0.1, 0.15) is 0 Å². The van der Waals surface area contributed by atoms with Crippen LogP contribution in [0, 0.1) is 3.57 Å². The Labute approximate surface area is 110 Å². The monoisotopic (exact) mass is 377 g/mol. The van der Waals surface area contributed by atoms with E-state index in [1.54, 1.807) is 0 Å². The zero-order valence-corrected chi connectivity index (χ0v) is 11.6. The van der Waals surface area contributed by atoms with Gasteiger partial charge >= 0.3 is 0 Å². The minimum Gasteiger partial charge on any atom is -0.398 e. The van der Waals surface area contributed by atoms with E-state index in [-0.39, 0.29) is 0 Å². The van der Waals surface area contributed by atoms with Crippen LogP contribution in [0.15, 0.2) is 35.1 Å². The number of halogens is 2. The van der Waals surface area contributed by atoms with Crippen LogP contribution in [-0.2, 0) is 6.54 Å². The molecule has 2 rings (SSSR count). The number of nitrogens with two attached hydrogens (primary N) is 1. The van der Waals surface area contributed by atoms with E-state index in [4.69, 9.17) is 5.73 Å². The molecule has 2 N–H and O–H groups in total. The summed E-state index contributed by atoms with van der Waals surface area (Å²) in [7, 11) is 0. The number of benzene rings is 1. The lowest BCUT2D eigenvalue weighted by molar-refractivity contribution is 0.685. The molecule has 15 heavy (non-hydrogen) atoms. The smallest absolute Gasteiger partial charge is 0.0671 e. The summed E-state index contributed by atoms with van der Waals surface area (Å²) in [5.41, 5.74) is 7.69. The molecule has 0 amide bonds. The van der Waals surface area contributed by atoms with E-state index in [1.807, 2.05) is 35.3 Å². The average Bonchev–Trinajstić information content (AvgIpc) is 2.59. The maximum atomic E-state index is 5.80. The van der Waals surface area contributed by atoms with Crippen LogP contribution in [-0.4, -0.2) is 9.78 Å². The SMILES string of the molecule is Nc1cccc(Cn2cc(I)cn2)c1Br. The minimum absolute atomic E-state index is 0.731. The van der Waals surface area contributed by atoms with Crippen LogP contribution in [0.25, 0.3) is 0 Å². The Morgan fingerprint density at radius 2 is 2.27 bits per heavy atom. The highest BCUT2D eigenvalue weighted by Gasteiger charge is 2.04. The van der Waals surface area contributed by atoms with Crippen LogP contribution in [0.1, 0.15) is 5.56 Å². The first-order valence-corrected chi connectivity index (χ1v) is 6.25. The second-order valence-electron chi connectivity index (χ2n) is 3.18. The van der Waals surface area contributed by atoms with Gasteiger partial charge in [-0.2, -0.15) is 5.10 Å². The van der Waals surface area contributed by atoms with E-state index >= 15 is 0 Å². The molecular formula is C10H9BrIN3. The molecule has 0 saturated carbocycles. The fraction of sp³-hybridized carbons (Fsp3) is 0.100. The first-order chi connectivity index (χ1) is 7.16. The van der Waals surface area contributed by atoms with E-state index in [2.05, 4.69) is 43.6 Å². The van der Waals surface area contributed by atoms with Crippen LogP contribution in [0.3, 0.4) is 0 Å². The predicted molar refractivity (Wildman–Crippen MR) is 72.6 cm³/mol. The fourth-order valence-corrected chi connectivity index (χ4v) is 2.16. The van der Waals surface area contributed by atoms with Gasteiger partial charge in [-0.15, -0.1) is 0 Å². The normalized spacial score (nSPS) is 10.5. The number of aromatic nitrogens is 2. The standard InChI is InChI=1S/C10H9BrIN3/c11-10-7(2-1-3-9(10)13)5-15-6-8(12)4-14-15/h1-4,6H,5,13H2. The van der Waals surface area contributed by atoms with Crippen molar-refractivity contribution in [2.24, 2.45) is 0 Å². The molecule has 2 aromatic rings. The molecular weight excluding hydrogens is 369 g/mol. The Morgan fingerprint density at radius 1 is 1.47 bits per heavy atom. The molecule has 1 aromatic carbocycles. The summed E-state index contributed by atoms with van der Waals surface area (Å²) >= 11 is 5.72. The Balaban J connectivity index is 2.28. The molecule has 0 aliphatic heterocycles. The van der Waals surface area contributed by atoms with Gasteiger partial charge in [0.2, 0.25) is 0 Å². The fourth-order valence-electron chi connectivity index (χ4n) is 1.32. The molecule has 1 heterocycles. The van der Waals surface area contributed by atoms with Crippen molar-refractivity contribution in [2.75, 3.05) is 5.73 Å². The van der Waals surface area contributed by atoms with Gasteiger partial charge in [0, 0.05) is 16.4 Å². The van der Waals surface area contributed by atoms with Crippen LogP contribution >= 0.6 is 38.5 Å². The van der Waals surface area contributed by atoms with Gasteiger partial charge in [-0.25, -0.2) is 0 Å². The molecule has 0 saturated heterocycles. The second kappa shape index (κ2) is 4.52. The molecule has 1 aromatic heterocycles. The van der Waals surface area contributed by atoms with Crippen molar-refractivity contribution in [1.29, 1.82) is 0 Å². The summed E-state index contributed by atoms with van der Waals surface area (Å²) < 4.78 is 3.98. The van der Waals surface area contributed by atoms with E-state index in [9.17, 15) is 0 Å². The molecule has 0 aliphatic carbocycles. The van der Waals surface area contributed by atoms with Crippen LogP contribution < -0.4 is 5.73 Å². The summed E-state index contributed by atoms with van der Waals surface area (Å²) in [6, 6.07) is 5.86. The summed E-state index contributed by atoms with van der Waals surface area (Å²) in [6.07, 6.45) is 3.83. The molecule has 0 radical (unpaired) electrons. The molecule has 0 aliphatic rings. The molecule has 0 fully saturated rings. The van der Waals surface area contributed by atoms with Gasteiger partial charge in [-0.1, -0.05) is 12.1 Å². The van der Waals surface area contributed by atoms with E-state index in [0.29, 0.717) is 0 Å². The Hall–Kier alpha value is -0.560. The highest BCUT2D eigenvalue weighted by Crippen LogP contribution is 2.24. The van der Waals surface area contributed by atoms with Crippen molar-refractivity contribution < 1.29 is 0 Å². The van der Waals surface area contributed by atoms with Crippen LogP contribution in [0.4, 0.5) is 5.69 Å². The number of hydrogen-bond acceptors (Lipinski definition) is 2. The van der Waals surface area contributed by atoms with Gasteiger partial charge in [0.05, 0.1) is 16.3 Å². The van der Waals surface area contributed by atoms with Crippen molar-refractivity contribution in [3.63, 3.8) is 0 Å². The first-order valence-electron chi connectivity index (χ1n) is 4.37. The van der Waals surface area contributed by atoms with E-state index in [0.717, 1.165) is 25.8 Å². The molecule has 5 heteroatoms. The Bertz CT molecular complexity index is 481. The van der Waals surface area contributed by atoms with Crippen molar-refractivity contribution in [3.8, 4) is 0 Å². The van der Waals surface area contributed by atoms with Crippen molar-refractivity contribution in [3.05, 3.63) is 44.2 Å². The number of hydrogen-bond donors (Lipinski definition) is 1. The number of nitrogens with zero attached hydrogens (tertiary/aromatic N) is 2. The zero-order valence-electron chi connectivity index (χ0n) is 7.82. The van der Waals surface area contributed by atoms with Crippen molar-refractivity contribution >= 4 is 44.2 Å². The zero-order chi connectivity index (χ0) is 10.8. The summed E-state index contributed by atoms with van der Waals surface area (Å²) in [6.45, 7) is 0.731. The van der Waals surface area contributed by atoms with Gasteiger partial charge in [0.25, 0.3) is 0 Å². The Kier molecular flexibility index (Phi) is 3.30. The molecule has 78 valence electrons. The van der Waals surface area contributed by atoms with Gasteiger partial charge in [-0.05, 0) is 50.2 Å². The van der Waals surface area contributed by atoms with E-state index in [1.165, 1.54) is 0 Å². The molecule has 3 nitrogen and oxygen atoms in total. The van der Waals surface area contributed by atoms with Gasteiger partial charge < -0.3 is 5.73 Å². The summed E-state index contributed by atoms with van der Waals surface area (Å²) in [4.78, 5) is 0. The predicted octanol–water partition coefficient (Wildman–Crippen LogP) is 2.88. The van der Waals surface area contributed by atoms with Crippen molar-refractivity contribution in [1.82, 2.24) is 9.78 Å². The number of anilines is 1. The van der Waals surface area contributed by atoms with E-state index < -0.39 is 0 Å². The first kappa shape index (κ1) is 10.9. The third-order valence-electron chi connectivity index (χ3n) is 2.04. The molecule has 0 unspecified atom stereocenters. The minimum atomic E-state index is 0.731. The second-order valence-corrected chi connectivity index (χ2v) is 5.22. The van der Waals surface area contributed by atoms with Gasteiger partial charge in [-0.3, -0.25) is 4.68 Å². The third kappa shape index (κ3) is 2.52. The summed E-state index contributed by atoms with van der Waals surface area (Å²) in [5, 5.41) is 4.23. The lowest BCUT2D eigenvalue weighted by atomic mass is 10.2. The molecule has 0 atom stereocenters. The third-order valence-corrected chi connectivity index (χ3v) is 3.57. The number of nitrogen functional groups attached to an aromatic ring is 1. The van der Waals surface area contributed by atoms with Crippen molar-refractivity contribution in [2.45, 2.75) is 6.54 Å². The molecule has 0 spiro atoms. The maximum absolute atomic E-state index is 5.80. The topological polar surface area (TPSA) is 43.8 Å². The number of rotatable bonds is 2. The summed E-state index contributed by atoms with van der Waals surface area (Å²) in [5.74, 6) is 0. The Morgan fingerprint density at radius 3 is 2.93 bits per heavy atom. The highest BCUT2D eigenvalue weighted by molar-refractivity contribution is 14.1. The lowest BCUT2D eigenvalue weighted by Crippen LogP contribution is -2.01. The largest absolute Gasteiger partial charge is 0.398 e. The van der Waals surface area contributed by atoms with Gasteiger partial charge in [0.15, 0.2) is 0 Å². The molecule has 0 bridgehead atoms.